The highest BCUT2D eigenvalue weighted by Crippen LogP contribution is 2.10. The summed E-state index contributed by atoms with van der Waals surface area (Å²) in [6.45, 7) is 0. The molecule has 7 heteroatoms. The molecule has 96 valence electrons. The Morgan fingerprint density at radius 2 is 2.21 bits per heavy atom. The normalized spacial score (nSPS) is 10.5. The van der Waals surface area contributed by atoms with Gasteiger partial charge in [-0.25, -0.2) is 10.6 Å². The van der Waals surface area contributed by atoms with Crippen molar-refractivity contribution in [2.24, 2.45) is 5.10 Å². The Balaban J connectivity index is 2.01. The second-order valence-corrected chi connectivity index (χ2v) is 3.54. The van der Waals surface area contributed by atoms with Crippen molar-refractivity contribution in [2.75, 3.05) is 0 Å². The molecule has 0 saturated carbocycles. The summed E-state index contributed by atoms with van der Waals surface area (Å²) in [4.78, 5) is 21.9. The fourth-order valence-corrected chi connectivity index (χ4v) is 1.35. The van der Waals surface area contributed by atoms with Gasteiger partial charge in [0.25, 0.3) is 4.92 Å². The summed E-state index contributed by atoms with van der Waals surface area (Å²) in [7, 11) is 0. The first-order chi connectivity index (χ1) is 9.16. The van der Waals surface area contributed by atoms with Gasteiger partial charge in [0.15, 0.2) is 5.76 Å². The number of hydrazone groups is 1. The summed E-state index contributed by atoms with van der Waals surface area (Å²) in [5, 5.41) is 12.4. The van der Waals surface area contributed by atoms with E-state index in [1.165, 1.54) is 30.7 Å². The Kier molecular flexibility index (Phi) is 3.67. The zero-order chi connectivity index (χ0) is 13.7. The topological polar surface area (TPSA) is 94.9 Å². The molecule has 1 amide bonds. The predicted molar refractivity (Wildman–Crippen MR) is 65.3 cm³/mol. The molecule has 2 rings (SSSR count). The van der Waals surface area contributed by atoms with Crippen LogP contribution in [-0.2, 0) is 0 Å². The Morgan fingerprint density at radius 3 is 2.89 bits per heavy atom. The zero-order valence-electron chi connectivity index (χ0n) is 9.69. The van der Waals surface area contributed by atoms with E-state index in [1.54, 1.807) is 18.2 Å². The summed E-state index contributed by atoms with van der Waals surface area (Å²) in [6.07, 6.45) is 2.72. The number of nitrogens with zero attached hydrogens (tertiary/aromatic N) is 2. The van der Waals surface area contributed by atoms with Gasteiger partial charge < -0.3 is 4.42 Å². The third-order valence-electron chi connectivity index (χ3n) is 2.22. The number of rotatable bonds is 4. The van der Waals surface area contributed by atoms with Crippen molar-refractivity contribution in [3.05, 3.63) is 58.9 Å². The number of hydrogen-bond acceptors (Lipinski definition) is 4. The van der Waals surface area contributed by atoms with E-state index in [-0.39, 0.29) is 16.4 Å². The smallest absolute Gasteiger partial charge is 0.317 e. The van der Waals surface area contributed by atoms with Crippen molar-refractivity contribution in [3.8, 4) is 0 Å². The molecule has 19 heavy (non-hydrogen) atoms. The first-order valence-electron chi connectivity index (χ1n) is 5.30. The average molecular weight is 260 g/mol. The predicted octanol–water partition coefficient (Wildman–Crippen LogP) is 1.84. The van der Waals surface area contributed by atoms with Gasteiger partial charge in [-0.2, -0.15) is 5.10 Å². The molecule has 2 N–H and O–H groups in total. The van der Waals surface area contributed by atoms with E-state index in [4.69, 9.17) is 9.62 Å². The van der Waals surface area contributed by atoms with E-state index < -0.39 is 5.91 Å². The molecule has 0 aliphatic carbocycles. The van der Waals surface area contributed by atoms with Gasteiger partial charge in [0.1, 0.15) is 0 Å². The molecule has 1 aromatic heterocycles. The van der Waals surface area contributed by atoms with Crippen molar-refractivity contribution in [1.82, 2.24) is 5.43 Å². The molecule has 0 saturated heterocycles. The maximum atomic E-state index is 11.5. The van der Waals surface area contributed by atoms with Gasteiger partial charge in [-0.3, -0.25) is 4.79 Å². The maximum absolute atomic E-state index is 11.5. The van der Waals surface area contributed by atoms with Crippen LogP contribution in [0.4, 0.5) is 5.69 Å². The van der Waals surface area contributed by atoms with Crippen LogP contribution in [0.5, 0.6) is 0 Å². The molecule has 0 spiro atoms. The van der Waals surface area contributed by atoms with Gasteiger partial charge in [-0.1, -0.05) is 12.1 Å². The molecule has 0 aliphatic rings. The summed E-state index contributed by atoms with van der Waals surface area (Å²) in [5.41, 5.74) is 2.88. The molecule has 2 aromatic rings. The van der Waals surface area contributed by atoms with Crippen LogP contribution in [0, 0.1) is 4.91 Å². The van der Waals surface area contributed by atoms with Crippen LogP contribution in [0.25, 0.3) is 0 Å². The van der Waals surface area contributed by atoms with Crippen molar-refractivity contribution in [2.45, 2.75) is 0 Å². The Hall–Kier alpha value is -2.96. The van der Waals surface area contributed by atoms with Gasteiger partial charge >= 0.3 is 11.6 Å². The Morgan fingerprint density at radius 1 is 1.37 bits per heavy atom. The quantitative estimate of drug-likeness (QED) is 0.647. The second-order valence-electron chi connectivity index (χ2n) is 3.54. The summed E-state index contributed by atoms with van der Waals surface area (Å²) in [6, 6.07) is 9.18. The van der Waals surface area contributed by atoms with E-state index in [1.807, 2.05) is 0 Å². The molecule has 7 nitrogen and oxygen atoms in total. The average Bonchev–Trinajstić information content (AvgIpc) is 2.93. The summed E-state index contributed by atoms with van der Waals surface area (Å²) < 4.78 is 4.88. The van der Waals surface area contributed by atoms with Crippen LogP contribution in [0.1, 0.15) is 16.1 Å². The molecule has 0 aliphatic heterocycles. The van der Waals surface area contributed by atoms with Crippen molar-refractivity contribution < 1.29 is 19.3 Å². The number of benzene rings is 1. The second kappa shape index (κ2) is 5.58. The van der Waals surface area contributed by atoms with Crippen LogP contribution >= 0.6 is 0 Å². The van der Waals surface area contributed by atoms with Crippen LogP contribution in [-0.4, -0.2) is 22.3 Å². The fourth-order valence-electron chi connectivity index (χ4n) is 1.35. The minimum absolute atomic E-state index is 0.0707. The molecule has 1 aromatic carbocycles. The molecule has 0 unspecified atom stereocenters. The maximum Gasteiger partial charge on any atom is 0.317 e. The van der Waals surface area contributed by atoms with E-state index in [9.17, 15) is 9.70 Å². The van der Waals surface area contributed by atoms with Crippen molar-refractivity contribution in [3.63, 3.8) is 0 Å². The third-order valence-corrected chi connectivity index (χ3v) is 2.22. The molecule has 0 radical (unpaired) electrons. The lowest BCUT2D eigenvalue weighted by Gasteiger charge is -1.95. The first kappa shape index (κ1) is 12.5. The SMILES string of the molecule is O=C(N/N=C/c1cccc([N+](=O)O)c1)c1ccco1. The molecular formula is C12H10N3O4+. The molecule has 0 bridgehead atoms. The summed E-state index contributed by atoms with van der Waals surface area (Å²) in [5.74, 6) is -0.336. The third kappa shape index (κ3) is 3.25. The van der Waals surface area contributed by atoms with Gasteiger partial charge in [-0.15, -0.1) is 0 Å². The molecule has 0 fully saturated rings. The number of carbonyl (C=O) groups is 1. The van der Waals surface area contributed by atoms with Gasteiger partial charge in [0.2, 0.25) is 0 Å². The standard InChI is InChI=1S/C12H9N3O4/c16-12(11-5-2-6-19-11)14-13-8-9-3-1-4-10(7-9)15(17)18/h1-8H,(H-,14,16,17,18)/p+1/b13-8+. The van der Waals surface area contributed by atoms with Crippen LogP contribution in [0.3, 0.4) is 0 Å². The molecule has 1 heterocycles. The number of amides is 1. The Bertz CT molecular complexity index is 620. The fraction of sp³-hybridized carbons (Fsp3) is 0. The highest BCUT2D eigenvalue weighted by Gasteiger charge is 2.10. The first-order valence-corrected chi connectivity index (χ1v) is 5.30. The lowest BCUT2D eigenvalue weighted by atomic mass is 10.2. The van der Waals surface area contributed by atoms with Gasteiger partial charge in [0.05, 0.1) is 17.4 Å². The van der Waals surface area contributed by atoms with Crippen LogP contribution in [0.15, 0.2) is 52.2 Å². The van der Waals surface area contributed by atoms with E-state index in [0.29, 0.717) is 5.56 Å². The number of hydrogen-bond donors (Lipinski definition) is 2. The molecular weight excluding hydrogens is 250 g/mol. The van der Waals surface area contributed by atoms with Gasteiger partial charge in [-0.05, 0) is 12.1 Å². The van der Waals surface area contributed by atoms with E-state index >= 15 is 0 Å². The van der Waals surface area contributed by atoms with E-state index in [2.05, 4.69) is 10.5 Å². The monoisotopic (exact) mass is 260 g/mol. The van der Waals surface area contributed by atoms with Crippen molar-refractivity contribution in [1.29, 1.82) is 0 Å². The molecule has 0 atom stereocenters. The minimum Gasteiger partial charge on any atom is -0.459 e. The van der Waals surface area contributed by atoms with E-state index in [0.717, 1.165) is 0 Å². The highest BCUT2D eigenvalue weighted by atomic mass is 16.6. The highest BCUT2D eigenvalue weighted by molar-refractivity contribution is 5.92. The van der Waals surface area contributed by atoms with Crippen LogP contribution in [0.2, 0.25) is 0 Å². The Labute approximate surface area is 107 Å². The summed E-state index contributed by atoms with van der Waals surface area (Å²) >= 11 is 0. The van der Waals surface area contributed by atoms with Crippen LogP contribution < -0.4 is 5.43 Å². The number of carbonyl (C=O) groups excluding carboxylic acids is 1. The zero-order valence-corrected chi connectivity index (χ0v) is 9.69. The number of nitrogens with one attached hydrogen (secondary N) is 1. The lowest BCUT2D eigenvalue weighted by Crippen LogP contribution is -2.16. The lowest BCUT2D eigenvalue weighted by molar-refractivity contribution is -0.729. The minimum atomic E-state index is -0.481. The van der Waals surface area contributed by atoms with Crippen molar-refractivity contribution >= 4 is 17.8 Å². The number of furan rings is 1. The van der Waals surface area contributed by atoms with Gasteiger partial charge in [0, 0.05) is 17.7 Å². The largest absolute Gasteiger partial charge is 0.459 e.